The van der Waals surface area contributed by atoms with Crippen LogP contribution in [0.25, 0.3) is 89.8 Å². The van der Waals surface area contributed by atoms with Gasteiger partial charge in [0.05, 0.1) is 39.0 Å². The van der Waals surface area contributed by atoms with Crippen molar-refractivity contribution >= 4 is 63.8 Å². The molecule has 0 fully saturated rings. The summed E-state index contributed by atoms with van der Waals surface area (Å²) in [7, 11) is -2.85. The van der Waals surface area contributed by atoms with Gasteiger partial charge in [0.1, 0.15) is 11.2 Å². The number of furan rings is 1. The van der Waals surface area contributed by atoms with Gasteiger partial charge in [-0.1, -0.05) is 77.7 Å². The van der Waals surface area contributed by atoms with Crippen LogP contribution < -0.4 is 0 Å². The first kappa shape index (κ1) is 32.1. The minimum absolute atomic E-state index is 0.325. The van der Waals surface area contributed by atoms with E-state index in [9.17, 15) is 0 Å². The minimum atomic E-state index is -2.85. The normalized spacial score (nSPS) is 11.7. The average molecular weight is 693 g/mol. The molecule has 10 bridgehead atoms. The first-order valence-electron chi connectivity index (χ1n) is 17.3. The van der Waals surface area contributed by atoms with E-state index in [0.717, 1.165) is 54.4 Å². The van der Waals surface area contributed by atoms with Gasteiger partial charge in [0.15, 0.2) is 0 Å². The van der Waals surface area contributed by atoms with Gasteiger partial charge in [-0.15, -0.1) is 6.42 Å². The highest BCUT2D eigenvalue weighted by molar-refractivity contribution is 6.44. The Balaban J connectivity index is 1.47. The molecule has 0 aliphatic carbocycles. The molecule has 0 radical (unpaired) electrons. The molecule has 0 unspecified atom stereocenters. The number of nitrogens with zero attached hydrogens (tertiary/aromatic N) is 2. The number of H-pyrrole nitrogens is 2. The Morgan fingerprint density at radius 2 is 1.06 bits per heavy atom. The fourth-order valence-electron chi connectivity index (χ4n) is 7.18. The fourth-order valence-corrected chi connectivity index (χ4v) is 7.18. The molecule has 53 heavy (non-hydrogen) atoms. The summed E-state index contributed by atoms with van der Waals surface area (Å²) in [5, 5.41) is 0. The molecule has 5 nitrogen and oxygen atoms in total. The molecule has 0 amide bonds. The van der Waals surface area contributed by atoms with Gasteiger partial charge in [0.25, 0.3) is 0 Å². The summed E-state index contributed by atoms with van der Waals surface area (Å²) >= 11 is 0. The lowest BCUT2D eigenvalue weighted by molar-refractivity contribution is 0.639. The Labute approximate surface area is 304 Å². The molecule has 5 aromatic heterocycles. The number of benzene rings is 3. The van der Waals surface area contributed by atoms with E-state index in [-0.39, 0.29) is 0 Å². The van der Waals surface area contributed by atoms with Crippen LogP contribution in [-0.4, -0.2) is 26.8 Å². The third kappa shape index (κ3) is 5.64. The molecule has 1 aliphatic heterocycles. The maximum Gasteiger partial charge on any atom is 0.678 e. The first-order chi connectivity index (χ1) is 25.8. The molecule has 2 N–H and O–H groups in total. The maximum absolute atomic E-state index is 15.3. The van der Waals surface area contributed by atoms with Gasteiger partial charge in [-0.05, 0) is 103 Å². The highest BCUT2D eigenvalue weighted by atomic mass is 19.2. The number of halogens is 2. The summed E-state index contributed by atoms with van der Waals surface area (Å²) in [6, 6.07) is 39.1. The molecule has 254 valence electrons. The second-order valence-electron chi connectivity index (χ2n) is 13.3. The lowest BCUT2D eigenvalue weighted by atomic mass is 10.0. The van der Waals surface area contributed by atoms with Crippen LogP contribution >= 0.6 is 0 Å². The first-order valence-corrected chi connectivity index (χ1v) is 17.3. The van der Waals surface area contributed by atoms with Crippen molar-refractivity contribution in [2.75, 3.05) is 0 Å². The van der Waals surface area contributed by atoms with Crippen molar-refractivity contribution in [2.24, 2.45) is 0 Å². The largest absolute Gasteiger partial charge is 0.678 e. The molecule has 0 saturated carbocycles. The standard InChI is InChI=1S/C45H31BF2N4O/c1-4-29-9-15-30(16-10-29)43-36-20-17-33(49-36)34-18-21-37(50-34)44(31-11-5-27(2)6-12-31)41-25-26-42(53-41)45(32-13-7-28(3)8-14-32)38-22-19-35(51-38)39-23-24-40(43)52(39)46(47)48/h1,5-26,50-51H,2-3H3. The second-order valence-corrected chi connectivity index (χ2v) is 13.3. The monoisotopic (exact) mass is 692 g/mol. The van der Waals surface area contributed by atoms with E-state index in [4.69, 9.17) is 15.8 Å². The summed E-state index contributed by atoms with van der Waals surface area (Å²) < 4.78 is 38.5. The van der Waals surface area contributed by atoms with Crippen molar-refractivity contribution in [2.45, 2.75) is 13.8 Å². The number of aromatic amines is 2. The Morgan fingerprint density at radius 3 is 1.64 bits per heavy atom. The number of hydrogen-bond acceptors (Lipinski definition) is 2. The molecular weight excluding hydrogens is 661 g/mol. The summed E-state index contributed by atoms with van der Waals surface area (Å²) in [6.45, 7) is 4.11. The van der Waals surface area contributed by atoms with Crippen molar-refractivity contribution < 1.29 is 13.0 Å². The van der Waals surface area contributed by atoms with Gasteiger partial charge in [-0.25, -0.2) is 4.98 Å². The zero-order valence-corrected chi connectivity index (χ0v) is 28.9. The summed E-state index contributed by atoms with van der Waals surface area (Å²) in [6.07, 6.45) is 9.44. The Morgan fingerprint density at radius 1 is 0.566 bits per heavy atom. The molecule has 0 spiro atoms. The van der Waals surface area contributed by atoms with Crippen LogP contribution in [0.1, 0.15) is 28.1 Å². The molecule has 1 aliphatic rings. The number of fused-ring (bicyclic) bond motifs is 12. The lowest BCUT2D eigenvalue weighted by Crippen LogP contribution is -2.13. The highest BCUT2D eigenvalue weighted by Gasteiger charge is 2.24. The van der Waals surface area contributed by atoms with Crippen LogP contribution in [0.15, 0.2) is 126 Å². The lowest BCUT2D eigenvalue weighted by Gasteiger charge is -2.09. The number of terminal acetylenes is 1. The Bertz CT molecular complexity index is 2940. The van der Waals surface area contributed by atoms with E-state index in [1.807, 2.05) is 79.7 Å². The van der Waals surface area contributed by atoms with Crippen LogP contribution in [-0.2, 0) is 0 Å². The number of rotatable bonds is 4. The van der Waals surface area contributed by atoms with Crippen LogP contribution in [0.4, 0.5) is 8.63 Å². The Hall–Kier alpha value is -6.85. The van der Waals surface area contributed by atoms with Crippen LogP contribution in [0.5, 0.6) is 0 Å². The molecule has 8 aromatic rings. The van der Waals surface area contributed by atoms with E-state index in [1.54, 1.807) is 12.1 Å². The summed E-state index contributed by atoms with van der Waals surface area (Å²) in [5.41, 5.74) is 13.9. The molecular formula is C45H31BF2N4O. The van der Waals surface area contributed by atoms with E-state index >= 15 is 8.63 Å². The number of nitrogens with one attached hydrogen (secondary N) is 2. The van der Waals surface area contributed by atoms with Gasteiger partial charge in [0, 0.05) is 27.8 Å². The number of aryl methyl sites for hydroxylation is 2. The van der Waals surface area contributed by atoms with Crippen molar-refractivity contribution in [3.8, 4) is 45.7 Å². The van der Waals surface area contributed by atoms with Crippen molar-refractivity contribution in [3.05, 3.63) is 149 Å². The topological polar surface area (TPSA) is 62.5 Å². The molecule has 3 aromatic carbocycles. The summed E-state index contributed by atoms with van der Waals surface area (Å²) in [5.74, 6) is 2.65. The van der Waals surface area contributed by atoms with Gasteiger partial charge in [0.2, 0.25) is 0 Å². The SMILES string of the molecule is C#Cc1ccc(-c2c3nc(c4ccc([nH]4)c(-c4ccc(C)cc4)c4ccc(o4)c(-c4ccc(C)cc4)c4ccc([nH]4)c4ccc2n4B(F)F)C=C3)cc1. The van der Waals surface area contributed by atoms with Crippen LogP contribution in [0.3, 0.4) is 0 Å². The molecule has 6 heterocycles. The zero-order chi connectivity index (χ0) is 36.2. The van der Waals surface area contributed by atoms with Crippen molar-refractivity contribution in [1.82, 2.24) is 19.4 Å². The Kier molecular flexibility index (Phi) is 7.71. The molecule has 0 atom stereocenters. The zero-order valence-electron chi connectivity index (χ0n) is 28.9. The third-order valence-corrected chi connectivity index (χ3v) is 9.85. The van der Waals surface area contributed by atoms with Gasteiger partial charge in [-0.2, -0.15) is 0 Å². The predicted octanol–water partition coefficient (Wildman–Crippen LogP) is 11.8. The maximum atomic E-state index is 15.3. The minimum Gasteiger partial charge on any atom is -0.456 e. The van der Waals surface area contributed by atoms with Gasteiger partial charge < -0.3 is 18.9 Å². The van der Waals surface area contributed by atoms with Crippen molar-refractivity contribution in [3.63, 3.8) is 0 Å². The fraction of sp³-hybridized carbons (Fsp3) is 0.0444. The quantitative estimate of drug-likeness (QED) is 0.142. The number of aromatic nitrogens is 4. The van der Waals surface area contributed by atoms with E-state index in [2.05, 4.69) is 71.3 Å². The average Bonchev–Trinajstić information content (AvgIpc) is 4.01. The van der Waals surface area contributed by atoms with E-state index in [1.165, 1.54) is 0 Å². The predicted molar refractivity (Wildman–Crippen MR) is 214 cm³/mol. The van der Waals surface area contributed by atoms with Crippen LogP contribution in [0, 0.1) is 26.2 Å². The molecule has 9 rings (SSSR count). The van der Waals surface area contributed by atoms with E-state index < -0.39 is 7.40 Å². The van der Waals surface area contributed by atoms with Gasteiger partial charge in [-0.3, -0.25) is 8.63 Å². The smallest absolute Gasteiger partial charge is 0.456 e. The summed E-state index contributed by atoms with van der Waals surface area (Å²) in [4.78, 5) is 12.1. The highest BCUT2D eigenvalue weighted by Crippen LogP contribution is 2.37. The number of hydrogen-bond donors (Lipinski definition) is 2. The van der Waals surface area contributed by atoms with Crippen molar-refractivity contribution in [1.29, 1.82) is 0 Å². The molecule has 0 saturated heterocycles. The second kappa shape index (κ2) is 12.7. The van der Waals surface area contributed by atoms with Gasteiger partial charge >= 0.3 is 7.40 Å². The van der Waals surface area contributed by atoms with E-state index in [0.29, 0.717) is 55.8 Å². The van der Waals surface area contributed by atoms with Crippen LogP contribution in [0.2, 0.25) is 0 Å². The third-order valence-electron chi connectivity index (χ3n) is 9.85. The molecule has 8 heteroatoms.